The van der Waals surface area contributed by atoms with Crippen LogP contribution in [-0.4, -0.2) is 35.4 Å². The number of furan rings is 1. The minimum absolute atomic E-state index is 0.205. The highest BCUT2D eigenvalue weighted by atomic mass is 16.5. The van der Waals surface area contributed by atoms with Gasteiger partial charge in [0.1, 0.15) is 18.1 Å². The molecule has 0 saturated carbocycles. The highest BCUT2D eigenvalue weighted by Crippen LogP contribution is 2.20. The normalized spacial score (nSPS) is 11.7. The number of hydrogen-bond donors (Lipinski definition) is 1. The fourth-order valence-corrected chi connectivity index (χ4v) is 2.50. The molecule has 28 heavy (non-hydrogen) atoms. The number of nitrogens with one attached hydrogen (secondary N) is 1. The van der Waals surface area contributed by atoms with Gasteiger partial charge in [-0.3, -0.25) is 4.79 Å². The average molecular weight is 381 g/mol. The molecular formula is C21H23N3O4. The Balaban J connectivity index is 1.42. The van der Waals surface area contributed by atoms with Gasteiger partial charge in [-0.05, 0) is 56.2 Å². The Kier molecular flexibility index (Phi) is 6.26. The predicted molar refractivity (Wildman–Crippen MR) is 104 cm³/mol. The second-order valence-corrected chi connectivity index (χ2v) is 6.40. The van der Waals surface area contributed by atoms with Crippen molar-refractivity contribution in [1.29, 1.82) is 0 Å². The van der Waals surface area contributed by atoms with Crippen molar-refractivity contribution >= 4 is 5.91 Å². The summed E-state index contributed by atoms with van der Waals surface area (Å²) in [5, 5.41) is 10.8. The van der Waals surface area contributed by atoms with Gasteiger partial charge in [0.2, 0.25) is 5.88 Å². The number of carbonyl (C=O) groups is 1. The molecule has 2 aromatic heterocycles. The summed E-state index contributed by atoms with van der Waals surface area (Å²) < 4.78 is 16.5. The minimum Gasteiger partial charge on any atom is -0.481 e. The molecule has 0 aliphatic heterocycles. The summed E-state index contributed by atoms with van der Waals surface area (Å²) in [6.07, 6.45) is 0.975. The fraction of sp³-hybridized carbons (Fsp3) is 0.286. The molecule has 3 aromatic rings. The zero-order valence-electron chi connectivity index (χ0n) is 16.1. The summed E-state index contributed by atoms with van der Waals surface area (Å²) in [7, 11) is 0. The number of aryl methyl sites for hydroxylation is 2. The number of aromatic nitrogens is 2. The topological polar surface area (TPSA) is 86.5 Å². The molecule has 1 amide bonds. The van der Waals surface area contributed by atoms with Crippen molar-refractivity contribution in [2.45, 2.75) is 26.9 Å². The van der Waals surface area contributed by atoms with E-state index < -0.39 is 6.10 Å². The molecule has 3 rings (SSSR count). The first-order valence-corrected chi connectivity index (χ1v) is 9.05. The first-order chi connectivity index (χ1) is 13.5. The predicted octanol–water partition coefficient (Wildman–Crippen LogP) is 3.32. The number of amides is 1. The molecule has 1 aromatic carbocycles. The maximum atomic E-state index is 12.2. The van der Waals surface area contributed by atoms with Crippen LogP contribution in [0.3, 0.4) is 0 Å². The van der Waals surface area contributed by atoms with Crippen LogP contribution in [-0.2, 0) is 4.79 Å². The zero-order valence-corrected chi connectivity index (χ0v) is 16.1. The highest BCUT2D eigenvalue weighted by molar-refractivity contribution is 5.80. The molecule has 146 valence electrons. The minimum atomic E-state index is -0.604. The lowest BCUT2D eigenvalue weighted by Gasteiger charge is -2.16. The van der Waals surface area contributed by atoms with Crippen LogP contribution in [0.1, 0.15) is 18.1 Å². The summed E-state index contributed by atoms with van der Waals surface area (Å²) in [4.78, 5) is 12.2. The SMILES string of the molecule is Cc1ccc(C)c(OC(C)C(=O)NCCOc2ccc(-c3ccco3)nn2)c1. The molecule has 0 aliphatic rings. The maximum absolute atomic E-state index is 12.2. The number of ether oxygens (including phenoxy) is 2. The number of benzene rings is 1. The summed E-state index contributed by atoms with van der Waals surface area (Å²) in [5.41, 5.74) is 2.70. The van der Waals surface area contributed by atoms with Gasteiger partial charge in [-0.15, -0.1) is 10.2 Å². The van der Waals surface area contributed by atoms with E-state index in [1.807, 2.05) is 38.1 Å². The van der Waals surface area contributed by atoms with Gasteiger partial charge >= 0.3 is 0 Å². The zero-order chi connectivity index (χ0) is 19.9. The van der Waals surface area contributed by atoms with Gasteiger partial charge in [-0.25, -0.2) is 0 Å². The summed E-state index contributed by atoms with van der Waals surface area (Å²) in [6.45, 7) is 6.26. The lowest BCUT2D eigenvalue weighted by Crippen LogP contribution is -2.38. The molecule has 0 bridgehead atoms. The smallest absolute Gasteiger partial charge is 0.260 e. The Morgan fingerprint density at radius 1 is 1.18 bits per heavy atom. The molecule has 1 unspecified atom stereocenters. The van der Waals surface area contributed by atoms with E-state index in [0.29, 0.717) is 29.6 Å². The number of nitrogens with zero attached hydrogens (tertiary/aromatic N) is 2. The largest absolute Gasteiger partial charge is 0.481 e. The van der Waals surface area contributed by atoms with Gasteiger partial charge < -0.3 is 19.2 Å². The Labute approximate surface area is 163 Å². The molecule has 1 atom stereocenters. The van der Waals surface area contributed by atoms with E-state index in [1.165, 1.54) is 0 Å². The molecule has 0 radical (unpaired) electrons. The molecule has 2 heterocycles. The van der Waals surface area contributed by atoms with E-state index in [9.17, 15) is 4.79 Å². The number of carbonyl (C=O) groups excluding carboxylic acids is 1. The van der Waals surface area contributed by atoms with Crippen LogP contribution in [0, 0.1) is 13.8 Å². The van der Waals surface area contributed by atoms with Crippen molar-refractivity contribution in [2.75, 3.05) is 13.2 Å². The van der Waals surface area contributed by atoms with Gasteiger partial charge in [-0.1, -0.05) is 12.1 Å². The van der Waals surface area contributed by atoms with Crippen LogP contribution in [0.2, 0.25) is 0 Å². The third-order valence-corrected chi connectivity index (χ3v) is 4.08. The summed E-state index contributed by atoms with van der Waals surface area (Å²) >= 11 is 0. The van der Waals surface area contributed by atoms with Crippen molar-refractivity contribution < 1.29 is 18.7 Å². The van der Waals surface area contributed by atoms with Crippen LogP contribution in [0.5, 0.6) is 11.6 Å². The summed E-state index contributed by atoms with van der Waals surface area (Å²) in [5.74, 6) is 1.53. The van der Waals surface area contributed by atoms with E-state index in [2.05, 4.69) is 15.5 Å². The second kappa shape index (κ2) is 9.03. The molecule has 0 aliphatic carbocycles. The second-order valence-electron chi connectivity index (χ2n) is 6.40. The van der Waals surface area contributed by atoms with E-state index >= 15 is 0 Å². The molecule has 1 N–H and O–H groups in total. The van der Waals surface area contributed by atoms with Gasteiger partial charge in [0, 0.05) is 6.07 Å². The molecule has 7 heteroatoms. The third-order valence-electron chi connectivity index (χ3n) is 4.08. The van der Waals surface area contributed by atoms with Crippen LogP contribution in [0.15, 0.2) is 53.1 Å². The molecule has 0 saturated heterocycles. The van der Waals surface area contributed by atoms with E-state index in [1.54, 1.807) is 31.4 Å². The van der Waals surface area contributed by atoms with E-state index in [0.717, 1.165) is 11.1 Å². The van der Waals surface area contributed by atoms with Gasteiger partial charge in [-0.2, -0.15) is 0 Å². The Morgan fingerprint density at radius 3 is 2.75 bits per heavy atom. The third kappa shape index (κ3) is 5.09. The first-order valence-electron chi connectivity index (χ1n) is 9.05. The van der Waals surface area contributed by atoms with Gasteiger partial charge in [0.15, 0.2) is 11.9 Å². The van der Waals surface area contributed by atoms with Gasteiger partial charge in [0.25, 0.3) is 5.91 Å². The average Bonchev–Trinajstić information content (AvgIpc) is 3.23. The lowest BCUT2D eigenvalue weighted by atomic mass is 10.1. The van der Waals surface area contributed by atoms with Crippen molar-refractivity contribution in [3.05, 3.63) is 59.9 Å². The van der Waals surface area contributed by atoms with Crippen molar-refractivity contribution in [3.63, 3.8) is 0 Å². The summed E-state index contributed by atoms with van der Waals surface area (Å²) in [6, 6.07) is 13.0. The monoisotopic (exact) mass is 381 g/mol. The van der Waals surface area contributed by atoms with Crippen molar-refractivity contribution in [3.8, 4) is 23.1 Å². The molecule has 0 spiro atoms. The van der Waals surface area contributed by atoms with Crippen molar-refractivity contribution in [2.24, 2.45) is 0 Å². The van der Waals surface area contributed by atoms with E-state index in [-0.39, 0.29) is 12.5 Å². The first kappa shape index (κ1) is 19.4. The Bertz CT molecular complexity index is 908. The van der Waals surface area contributed by atoms with Crippen molar-refractivity contribution in [1.82, 2.24) is 15.5 Å². The fourth-order valence-electron chi connectivity index (χ4n) is 2.50. The van der Waals surface area contributed by atoms with Crippen LogP contribution in [0.4, 0.5) is 0 Å². The lowest BCUT2D eigenvalue weighted by molar-refractivity contribution is -0.127. The quantitative estimate of drug-likeness (QED) is 0.603. The molecular weight excluding hydrogens is 358 g/mol. The number of rotatable bonds is 8. The van der Waals surface area contributed by atoms with Crippen LogP contribution >= 0.6 is 0 Å². The van der Waals surface area contributed by atoms with Gasteiger partial charge in [0.05, 0.1) is 12.8 Å². The number of hydrogen-bond acceptors (Lipinski definition) is 6. The Hall–Kier alpha value is -3.35. The van der Waals surface area contributed by atoms with E-state index in [4.69, 9.17) is 13.9 Å². The highest BCUT2D eigenvalue weighted by Gasteiger charge is 2.15. The molecule has 0 fully saturated rings. The van der Waals surface area contributed by atoms with Crippen LogP contribution < -0.4 is 14.8 Å². The maximum Gasteiger partial charge on any atom is 0.260 e. The molecule has 7 nitrogen and oxygen atoms in total. The standard InChI is InChI=1S/C21H23N3O4/c1-14-6-7-15(2)19(13-14)28-16(3)21(25)22-10-12-27-20-9-8-17(23-24-20)18-5-4-11-26-18/h4-9,11,13,16H,10,12H2,1-3H3,(H,22,25). The Morgan fingerprint density at radius 2 is 2.04 bits per heavy atom. The van der Waals surface area contributed by atoms with Crippen LogP contribution in [0.25, 0.3) is 11.5 Å².